The van der Waals surface area contributed by atoms with E-state index in [9.17, 15) is 4.79 Å². The molecule has 1 heterocycles. The SMILES string of the molecule is COc1ccc(C(=O)NCc2ccc3ncoc3c2)cc1OC. The molecular formula is C17H16N2O4. The molecule has 1 N–H and O–H groups in total. The molecule has 0 saturated heterocycles. The maximum absolute atomic E-state index is 12.3. The quantitative estimate of drug-likeness (QED) is 0.784. The summed E-state index contributed by atoms with van der Waals surface area (Å²) in [5.41, 5.74) is 2.93. The topological polar surface area (TPSA) is 73.6 Å². The number of methoxy groups -OCH3 is 2. The van der Waals surface area contributed by atoms with Gasteiger partial charge in [0.2, 0.25) is 0 Å². The van der Waals surface area contributed by atoms with Gasteiger partial charge < -0.3 is 19.2 Å². The van der Waals surface area contributed by atoms with Gasteiger partial charge in [0.15, 0.2) is 23.5 Å². The molecule has 23 heavy (non-hydrogen) atoms. The number of hydrogen-bond donors (Lipinski definition) is 1. The number of carbonyl (C=O) groups excluding carboxylic acids is 1. The maximum atomic E-state index is 12.3. The van der Waals surface area contributed by atoms with Crippen LogP contribution >= 0.6 is 0 Å². The zero-order chi connectivity index (χ0) is 16.2. The number of nitrogens with one attached hydrogen (secondary N) is 1. The summed E-state index contributed by atoms with van der Waals surface area (Å²) >= 11 is 0. The highest BCUT2D eigenvalue weighted by Crippen LogP contribution is 2.27. The van der Waals surface area contributed by atoms with Crippen molar-refractivity contribution >= 4 is 17.0 Å². The van der Waals surface area contributed by atoms with Crippen LogP contribution in [0.3, 0.4) is 0 Å². The molecule has 3 aromatic rings. The van der Waals surface area contributed by atoms with E-state index in [4.69, 9.17) is 13.9 Å². The molecule has 3 rings (SSSR count). The van der Waals surface area contributed by atoms with Crippen LogP contribution in [0.1, 0.15) is 15.9 Å². The molecule has 0 spiro atoms. The number of benzene rings is 2. The molecule has 0 aliphatic heterocycles. The molecule has 0 saturated carbocycles. The van der Waals surface area contributed by atoms with Crippen molar-refractivity contribution in [3.05, 3.63) is 53.9 Å². The number of aromatic nitrogens is 1. The van der Waals surface area contributed by atoms with Crippen LogP contribution in [-0.2, 0) is 6.54 Å². The van der Waals surface area contributed by atoms with E-state index in [1.54, 1.807) is 25.3 Å². The lowest BCUT2D eigenvalue weighted by molar-refractivity contribution is 0.0950. The first-order valence-corrected chi connectivity index (χ1v) is 7.03. The van der Waals surface area contributed by atoms with Crippen LogP contribution in [0.15, 0.2) is 47.2 Å². The van der Waals surface area contributed by atoms with E-state index < -0.39 is 0 Å². The van der Waals surface area contributed by atoms with E-state index in [-0.39, 0.29) is 5.91 Å². The normalized spacial score (nSPS) is 10.5. The van der Waals surface area contributed by atoms with Crippen molar-refractivity contribution in [2.24, 2.45) is 0 Å². The lowest BCUT2D eigenvalue weighted by Gasteiger charge is -2.10. The van der Waals surface area contributed by atoms with Crippen LogP contribution in [0.5, 0.6) is 11.5 Å². The maximum Gasteiger partial charge on any atom is 0.251 e. The zero-order valence-electron chi connectivity index (χ0n) is 12.8. The summed E-state index contributed by atoms with van der Waals surface area (Å²) in [5.74, 6) is 0.909. The Hall–Kier alpha value is -3.02. The Labute approximate surface area is 133 Å². The Bertz CT molecular complexity index is 841. The lowest BCUT2D eigenvalue weighted by atomic mass is 10.1. The molecule has 1 amide bonds. The summed E-state index contributed by atoms with van der Waals surface area (Å²) in [6, 6.07) is 10.7. The predicted molar refractivity (Wildman–Crippen MR) is 84.7 cm³/mol. The Morgan fingerprint density at radius 1 is 1.13 bits per heavy atom. The smallest absolute Gasteiger partial charge is 0.251 e. The minimum absolute atomic E-state index is 0.191. The van der Waals surface area contributed by atoms with Gasteiger partial charge in [-0.15, -0.1) is 0 Å². The van der Waals surface area contributed by atoms with Crippen LogP contribution in [0.2, 0.25) is 0 Å². The third kappa shape index (κ3) is 3.11. The van der Waals surface area contributed by atoms with Crippen molar-refractivity contribution in [3.8, 4) is 11.5 Å². The molecule has 0 aliphatic carbocycles. The minimum Gasteiger partial charge on any atom is -0.493 e. The standard InChI is InChI=1S/C17H16N2O4/c1-21-14-6-4-12(8-16(14)22-2)17(20)18-9-11-3-5-13-15(7-11)23-10-19-13/h3-8,10H,9H2,1-2H3,(H,18,20). The molecule has 118 valence electrons. The van der Waals surface area contributed by atoms with Gasteiger partial charge in [-0.05, 0) is 35.9 Å². The number of nitrogens with zero attached hydrogens (tertiary/aromatic N) is 1. The highest BCUT2D eigenvalue weighted by molar-refractivity contribution is 5.94. The molecule has 6 heteroatoms. The first-order chi connectivity index (χ1) is 11.2. The third-order valence-corrected chi connectivity index (χ3v) is 3.49. The van der Waals surface area contributed by atoms with Gasteiger partial charge in [-0.25, -0.2) is 4.98 Å². The van der Waals surface area contributed by atoms with E-state index in [2.05, 4.69) is 10.3 Å². The summed E-state index contributed by atoms with van der Waals surface area (Å²) < 4.78 is 15.6. The molecule has 0 radical (unpaired) electrons. The molecule has 0 aliphatic rings. The second-order valence-corrected chi connectivity index (χ2v) is 4.91. The van der Waals surface area contributed by atoms with E-state index in [0.717, 1.165) is 11.1 Å². The average molecular weight is 312 g/mol. The van der Waals surface area contributed by atoms with E-state index in [0.29, 0.717) is 29.2 Å². The fourth-order valence-electron chi connectivity index (χ4n) is 2.27. The Morgan fingerprint density at radius 3 is 2.74 bits per heavy atom. The Morgan fingerprint density at radius 2 is 1.96 bits per heavy atom. The third-order valence-electron chi connectivity index (χ3n) is 3.49. The van der Waals surface area contributed by atoms with Crippen LogP contribution in [-0.4, -0.2) is 25.1 Å². The average Bonchev–Trinajstić information content (AvgIpc) is 3.06. The van der Waals surface area contributed by atoms with Crippen LogP contribution < -0.4 is 14.8 Å². The van der Waals surface area contributed by atoms with Crippen molar-refractivity contribution in [3.63, 3.8) is 0 Å². The molecule has 0 fully saturated rings. The van der Waals surface area contributed by atoms with E-state index in [1.165, 1.54) is 13.5 Å². The summed E-state index contributed by atoms with van der Waals surface area (Å²) in [6.07, 6.45) is 1.40. The van der Waals surface area contributed by atoms with Gasteiger partial charge in [0, 0.05) is 12.1 Å². The second kappa shape index (κ2) is 6.39. The number of carbonyl (C=O) groups is 1. The monoisotopic (exact) mass is 312 g/mol. The van der Waals surface area contributed by atoms with Gasteiger partial charge in [-0.1, -0.05) is 6.07 Å². The first-order valence-electron chi connectivity index (χ1n) is 7.03. The molecule has 0 unspecified atom stereocenters. The van der Waals surface area contributed by atoms with Gasteiger partial charge in [0.05, 0.1) is 14.2 Å². The van der Waals surface area contributed by atoms with Crippen LogP contribution in [0, 0.1) is 0 Å². The minimum atomic E-state index is -0.191. The lowest BCUT2D eigenvalue weighted by Crippen LogP contribution is -2.22. The molecule has 2 aromatic carbocycles. The largest absolute Gasteiger partial charge is 0.493 e. The fraction of sp³-hybridized carbons (Fsp3) is 0.176. The van der Waals surface area contributed by atoms with Gasteiger partial charge in [0.25, 0.3) is 5.91 Å². The van der Waals surface area contributed by atoms with Gasteiger partial charge in [-0.2, -0.15) is 0 Å². The van der Waals surface area contributed by atoms with Crippen molar-refractivity contribution in [2.75, 3.05) is 14.2 Å². The molecule has 1 aromatic heterocycles. The van der Waals surface area contributed by atoms with Gasteiger partial charge in [-0.3, -0.25) is 4.79 Å². The highest BCUT2D eigenvalue weighted by atomic mass is 16.5. The summed E-state index contributed by atoms with van der Waals surface area (Å²) in [4.78, 5) is 16.3. The van der Waals surface area contributed by atoms with Crippen molar-refractivity contribution < 1.29 is 18.7 Å². The summed E-state index contributed by atoms with van der Waals surface area (Å²) in [7, 11) is 3.09. The highest BCUT2D eigenvalue weighted by Gasteiger charge is 2.10. The molecule has 6 nitrogen and oxygen atoms in total. The Balaban J connectivity index is 1.71. The number of amides is 1. The Kier molecular flexibility index (Phi) is 4.14. The van der Waals surface area contributed by atoms with Crippen molar-refractivity contribution in [2.45, 2.75) is 6.54 Å². The van der Waals surface area contributed by atoms with Crippen LogP contribution in [0.4, 0.5) is 0 Å². The molecule has 0 atom stereocenters. The summed E-state index contributed by atoms with van der Waals surface area (Å²) in [6.45, 7) is 0.393. The zero-order valence-corrected chi connectivity index (χ0v) is 12.8. The number of hydrogen-bond acceptors (Lipinski definition) is 5. The number of fused-ring (bicyclic) bond motifs is 1. The number of ether oxygens (including phenoxy) is 2. The second-order valence-electron chi connectivity index (χ2n) is 4.91. The van der Waals surface area contributed by atoms with Crippen molar-refractivity contribution in [1.82, 2.24) is 10.3 Å². The van der Waals surface area contributed by atoms with Gasteiger partial charge in [0.1, 0.15) is 5.52 Å². The number of oxazole rings is 1. The number of rotatable bonds is 5. The summed E-state index contributed by atoms with van der Waals surface area (Å²) in [5, 5.41) is 2.86. The van der Waals surface area contributed by atoms with Gasteiger partial charge >= 0.3 is 0 Å². The van der Waals surface area contributed by atoms with Crippen molar-refractivity contribution in [1.29, 1.82) is 0 Å². The molecular weight excluding hydrogens is 296 g/mol. The van der Waals surface area contributed by atoms with Crippen LogP contribution in [0.25, 0.3) is 11.1 Å². The fourth-order valence-corrected chi connectivity index (χ4v) is 2.27. The first kappa shape index (κ1) is 14.9. The van der Waals surface area contributed by atoms with E-state index >= 15 is 0 Å². The van der Waals surface area contributed by atoms with E-state index in [1.807, 2.05) is 18.2 Å². The molecule has 0 bridgehead atoms. The predicted octanol–water partition coefficient (Wildman–Crippen LogP) is 2.78.